The Morgan fingerprint density at radius 3 is 2.61 bits per heavy atom. The SMILES string of the molecule is C#CC(C)NCc1ccc(N2CCOCC2)cc1. The van der Waals surface area contributed by atoms with Gasteiger partial charge in [0.2, 0.25) is 0 Å². The smallest absolute Gasteiger partial charge is 0.0660 e. The van der Waals surface area contributed by atoms with Gasteiger partial charge in [0.25, 0.3) is 0 Å². The van der Waals surface area contributed by atoms with E-state index in [4.69, 9.17) is 11.2 Å². The minimum absolute atomic E-state index is 0.115. The molecule has 1 fully saturated rings. The van der Waals surface area contributed by atoms with Gasteiger partial charge in [0.1, 0.15) is 0 Å². The third kappa shape index (κ3) is 3.49. The highest BCUT2D eigenvalue weighted by atomic mass is 16.5. The maximum absolute atomic E-state index is 5.35. The van der Waals surface area contributed by atoms with E-state index in [-0.39, 0.29) is 6.04 Å². The topological polar surface area (TPSA) is 24.5 Å². The maximum atomic E-state index is 5.35. The van der Waals surface area contributed by atoms with E-state index < -0.39 is 0 Å². The maximum Gasteiger partial charge on any atom is 0.0660 e. The van der Waals surface area contributed by atoms with Crippen LogP contribution in [0.25, 0.3) is 0 Å². The van der Waals surface area contributed by atoms with Crippen molar-refractivity contribution in [1.82, 2.24) is 5.32 Å². The Bertz CT molecular complexity index is 401. The van der Waals surface area contributed by atoms with Crippen LogP contribution in [0.4, 0.5) is 5.69 Å². The van der Waals surface area contributed by atoms with Crippen molar-refractivity contribution in [2.45, 2.75) is 19.5 Å². The number of ether oxygens (including phenoxy) is 1. The molecule has 1 unspecified atom stereocenters. The van der Waals surface area contributed by atoms with Gasteiger partial charge in [-0.15, -0.1) is 6.42 Å². The molecule has 0 saturated carbocycles. The largest absolute Gasteiger partial charge is 0.378 e. The van der Waals surface area contributed by atoms with E-state index in [1.54, 1.807) is 0 Å². The highest BCUT2D eigenvalue weighted by Crippen LogP contribution is 2.16. The predicted octanol–water partition coefficient (Wildman–Crippen LogP) is 1.63. The first-order valence-corrected chi connectivity index (χ1v) is 6.41. The number of nitrogens with one attached hydrogen (secondary N) is 1. The fourth-order valence-electron chi connectivity index (χ4n) is 1.98. The molecule has 1 atom stereocenters. The number of terminal acetylenes is 1. The summed E-state index contributed by atoms with van der Waals surface area (Å²) < 4.78 is 5.35. The van der Waals surface area contributed by atoms with E-state index in [0.29, 0.717) is 0 Å². The van der Waals surface area contributed by atoms with Crippen molar-refractivity contribution in [1.29, 1.82) is 0 Å². The fraction of sp³-hybridized carbons (Fsp3) is 0.467. The molecule has 18 heavy (non-hydrogen) atoms. The van der Waals surface area contributed by atoms with Crippen LogP contribution in [0.5, 0.6) is 0 Å². The molecule has 0 aliphatic carbocycles. The molecule has 1 saturated heterocycles. The minimum atomic E-state index is 0.115. The van der Waals surface area contributed by atoms with Gasteiger partial charge >= 0.3 is 0 Å². The zero-order valence-corrected chi connectivity index (χ0v) is 10.9. The molecule has 0 radical (unpaired) electrons. The molecule has 2 rings (SSSR count). The van der Waals surface area contributed by atoms with Crippen LogP contribution in [0.2, 0.25) is 0 Å². The fourth-order valence-corrected chi connectivity index (χ4v) is 1.98. The summed E-state index contributed by atoms with van der Waals surface area (Å²) in [6, 6.07) is 8.76. The van der Waals surface area contributed by atoms with Crippen molar-refractivity contribution in [3.05, 3.63) is 29.8 Å². The molecule has 3 heteroatoms. The monoisotopic (exact) mass is 244 g/mol. The summed E-state index contributed by atoms with van der Waals surface area (Å²) in [6.45, 7) is 6.40. The van der Waals surface area contributed by atoms with E-state index in [1.165, 1.54) is 11.3 Å². The Morgan fingerprint density at radius 1 is 1.33 bits per heavy atom. The molecule has 1 heterocycles. The van der Waals surface area contributed by atoms with Crippen LogP contribution in [-0.4, -0.2) is 32.3 Å². The van der Waals surface area contributed by atoms with Crippen molar-refractivity contribution < 1.29 is 4.74 Å². The number of nitrogens with zero attached hydrogens (tertiary/aromatic N) is 1. The zero-order chi connectivity index (χ0) is 12.8. The van der Waals surface area contributed by atoms with Crippen molar-refractivity contribution in [2.24, 2.45) is 0 Å². The molecular weight excluding hydrogens is 224 g/mol. The van der Waals surface area contributed by atoms with Gasteiger partial charge in [-0.1, -0.05) is 18.1 Å². The van der Waals surface area contributed by atoms with Crippen molar-refractivity contribution in [3.63, 3.8) is 0 Å². The van der Waals surface area contributed by atoms with Crippen molar-refractivity contribution >= 4 is 5.69 Å². The lowest BCUT2D eigenvalue weighted by molar-refractivity contribution is 0.122. The Hall–Kier alpha value is -1.50. The lowest BCUT2D eigenvalue weighted by Crippen LogP contribution is -2.36. The molecule has 1 aliphatic rings. The van der Waals surface area contributed by atoms with E-state index in [9.17, 15) is 0 Å². The van der Waals surface area contributed by atoms with Gasteiger partial charge in [0.15, 0.2) is 0 Å². The lowest BCUT2D eigenvalue weighted by atomic mass is 10.2. The standard InChI is InChI=1S/C15H20N2O/c1-3-13(2)16-12-14-4-6-15(7-5-14)17-8-10-18-11-9-17/h1,4-7,13,16H,8-12H2,2H3. The normalized spacial score (nSPS) is 17.2. The van der Waals surface area contributed by atoms with Crippen LogP contribution in [0.15, 0.2) is 24.3 Å². The number of benzene rings is 1. The zero-order valence-electron chi connectivity index (χ0n) is 10.9. The van der Waals surface area contributed by atoms with Crippen LogP contribution < -0.4 is 10.2 Å². The third-order valence-electron chi connectivity index (χ3n) is 3.17. The summed E-state index contributed by atoms with van der Waals surface area (Å²) in [6.07, 6.45) is 5.33. The van der Waals surface area contributed by atoms with Gasteiger partial charge in [-0.3, -0.25) is 5.32 Å². The van der Waals surface area contributed by atoms with Crippen LogP contribution in [0.3, 0.4) is 0 Å². The molecule has 1 N–H and O–H groups in total. The first-order valence-electron chi connectivity index (χ1n) is 6.41. The lowest BCUT2D eigenvalue weighted by Gasteiger charge is -2.28. The molecule has 3 nitrogen and oxygen atoms in total. The molecule has 1 aromatic carbocycles. The predicted molar refractivity (Wildman–Crippen MR) is 74.6 cm³/mol. The first kappa shape index (κ1) is 12.9. The van der Waals surface area contributed by atoms with E-state index in [2.05, 4.69) is 40.4 Å². The molecule has 0 aromatic heterocycles. The van der Waals surface area contributed by atoms with Crippen molar-refractivity contribution in [2.75, 3.05) is 31.2 Å². The average molecular weight is 244 g/mol. The van der Waals surface area contributed by atoms with Gasteiger partial charge < -0.3 is 9.64 Å². The van der Waals surface area contributed by atoms with Gasteiger partial charge in [-0.05, 0) is 24.6 Å². The molecular formula is C15H20N2O. The van der Waals surface area contributed by atoms with E-state index >= 15 is 0 Å². The first-order chi connectivity index (χ1) is 8.79. The Balaban J connectivity index is 1.90. The number of hydrogen-bond donors (Lipinski definition) is 1. The number of morpholine rings is 1. The second-order valence-corrected chi connectivity index (χ2v) is 4.54. The van der Waals surface area contributed by atoms with Crippen molar-refractivity contribution in [3.8, 4) is 12.3 Å². The molecule has 96 valence electrons. The van der Waals surface area contributed by atoms with E-state index in [1.807, 2.05) is 6.92 Å². The summed E-state index contributed by atoms with van der Waals surface area (Å²) in [5.41, 5.74) is 2.53. The summed E-state index contributed by atoms with van der Waals surface area (Å²) >= 11 is 0. The summed E-state index contributed by atoms with van der Waals surface area (Å²) in [4.78, 5) is 2.35. The van der Waals surface area contributed by atoms with Gasteiger partial charge in [-0.25, -0.2) is 0 Å². The number of anilines is 1. The summed E-state index contributed by atoms with van der Waals surface area (Å²) in [5.74, 6) is 2.67. The van der Waals surface area contributed by atoms with Gasteiger partial charge in [0, 0.05) is 25.3 Å². The minimum Gasteiger partial charge on any atom is -0.378 e. The van der Waals surface area contributed by atoms with Crippen LogP contribution >= 0.6 is 0 Å². The second kappa shape index (κ2) is 6.44. The average Bonchev–Trinajstić information content (AvgIpc) is 2.46. The van der Waals surface area contributed by atoms with Gasteiger partial charge in [0.05, 0.1) is 19.3 Å². The molecule has 0 spiro atoms. The quantitative estimate of drug-likeness (QED) is 0.815. The Labute approximate surface area is 109 Å². The highest BCUT2D eigenvalue weighted by molar-refractivity contribution is 5.47. The molecule has 0 amide bonds. The highest BCUT2D eigenvalue weighted by Gasteiger charge is 2.10. The summed E-state index contributed by atoms with van der Waals surface area (Å²) in [5, 5.41) is 3.28. The number of hydrogen-bond acceptors (Lipinski definition) is 3. The molecule has 1 aromatic rings. The number of rotatable bonds is 4. The Morgan fingerprint density at radius 2 is 2.00 bits per heavy atom. The van der Waals surface area contributed by atoms with Gasteiger partial charge in [-0.2, -0.15) is 0 Å². The third-order valence-corrected chi connectivity index (χ3v) is 3.17. The molecule has 0 bridgehead atoms. The second-order valence-electron chi connectivity index (χ2n) is 4.54. The van der Waals surface area contributed by atoms with Crippen LogP contribution in [-0.2, 0) is 11.3 Å². The Kier molecular flexibility index (Phi) is 4.63. The van der Waals surface area contributed by atoms with Crippen LogP contribution in [0, 0.1) is 12.3 Å². The van der Waals surface area contributed by atoms with Crippen LogP contribution in [0.1, 0.15) is 12.5 Å². The summed E-state index contributed by atoms with van der Waals surface area (Å²) in [7, 11) is 0. The van der Waals surface area contributed by atoms with E-state index in [0.717, 1.165) is 32.8 Å². The molecule has 1 aliphatic heterocycles.